The van der Waals surface area contributed by atoms with Gasteiger partial charge >= 0.3 is 5.97 Å². The van der Waals surface area contributed by atoms with Gasteiger partial charge < -0.3 is 20.1 Å². The fourth-order valence-corrected chi connectivity index (χ4v) is 3.51. The molecule has 170 valence electrons. The van der Waals surface area contributed by atoms with E-state index in [1.165, 1.54) is 13.0 Å². The van der Waals surface area contributed by atoms with Crippen LogP contribution in [-0.2, 0) is 9.53 Å². The van der Waals surface area contributed by atoms with Crippen molar-refractivity contribution in [2.24, 2.45) is 5.92 Å². The summed E-state index contributed by atoms with van der Waals surface area (Å²) >= 11 is 0. The number of hydrogen-bond donors (Lipinski definition) is 3. The lowest BCUT2D eigenvalue weighted by Crippen LogP contribution is -2.39. The van der Waals surface area contributed by atoms with Gasteiger partial charge in [0, 0.05) is 23.7 Å². The number of cyclic esters (lactones) is 1. The first-order valence-electron chi connectivity index (χ1n) is 10.8. The molecular formula is C25H35NO5. The predicted molar refractivity (Wildman–Crippen MR) is 120 cm³/mol. The summed E-state index contributed by atoms with van der Waals surface area (Å²) in [6.45, 7) is 7.35. The van der Waals surface area contributed by atoms with E-state index in [4.69, 9.17) is 4.74 Å². The minimum atomic E-state index is -1.38. The highest BCUT2D eigenvalue weighted by Crippen LogP contribution is 2.25. The number of aromatic nitrogens is 1. The number of pyridine rings is 1. The summed E-state index contributed by atoms with van der Waals surface area (Å²) in [7, 11) is 0. The third-order valence-corrected chi connectivity index (χ3v) is 5.72. The number of aliphatic hydroxyl groups is 3. The standard InChI is InChI=1S/C25H35NO5/c1-17(21-10-5-6-15-26-21)8-7-9-18(2)24-19(3)11-12-22(28)25(4,30)14-13-20(27)16-23(29)31-24/h5-12,15,17,19-20,22,24,27-28,30H,13-14,16H2,1-4H3/b8-7+,12-11-,18-9+/t17-,19-,20-,22-,24+,25-/m0/s1. The van der Waals surface area contributed by atoms with Crippen LogP contribution >= 0.6 is 0 Å². The number of ether oxygens (including phenoxy) is 1. The fourth-order valence-electron chi connectivity index (χ4n) is 3.51. The topological polar surface area (TPSA) is 99.9 Å². The molecule has 0 amide bonds. The van der Waals surface area contributed by atoms with Gasteiger partial charge in [0.2, 0.25) is 0 Å². The van der Waals surface area contributed by atoms with Crippen LogP contribution in [0, 0.1) is 5.92 Å². The van der Waals surface area contributed by atoms with E-state index in [0.717, 1.165) is 11.3 Å². The largest absolute Gasteiger partial charge is 0.457 e. The Balaban J connectivity index is 2.21. The van der Waals surface area contributed by atoms with Crippen LogP contribution in [0.5, 0.6) is 0 Å². The van der Waals surface area contributed by atoms with E-state index in [1.807, 2.05) is 50.3 Å². The summed E-state index contributed by atoms with van der Waals surface area (Å²) in [6.07, 6.45) is 8.53. The van der Waals surface area contributed by atoms with Crippen LogP contribution in [-0.4, -0.2) is 50.2 Å². The number of allylic oxidation sites excluding steroid dienone is 3. The highest BCUT2D eigenvalue weighted by atomic mass is 16.5. The van der Waals surface area contributed by atoms with E-state index in [-0.39, 0.29) is 31.1 Å². The van der Waals surface area contributed by atoms with Gasteiger partial charge in [-0.05, 0) is 44.4 Å². The molecule has 1 aliphatic rings. The van der Waals surface area contributed by atoms with Crippen LogP contribution in [0.15, 0.2) is 60.3 Å². The number of aliphatic hydroxyl groups excluding tert-OH is 2. The van der Waals surface area contributed by atoms with Gasteiger partial charge in [0.15, 0.2) is 0 Å². The minimum absolute atomic E-state index is 0.133. The SMILES string of the molecule is C/C(=C\C=C\[C@H](C)c1ccccn1)[C@H]1OC(=O)C[C@@H](O)CC[C@](C)(O)[C@@H](O)/C=C\[C@@H]1C. The zero-order chi connectivity index (χ0) is 23.0. The lowest BCUT2D eigenvalue weighted by Gasteiger charge is -2.30. The van der Waals surface area contributed by atoms with E-state index in [2.05, 4.69) is 11.9 Å². The number of hydrogen-bond acceptors (Lipinski definition) is 6. The number of carbonyl (C=O) groups excluding carboxylic acids is 1. The van der Waals surface area contributed by atoms with Gasteiger partial charge in [-0.15, -0.1) is 0 Å². The highest BCUT2D eigenvalue weighted by molar-refractivity contribution is 5.70. The zero-order valence-corrected chi connectivity index (χ0v) is 18.8. The molecule has 6 nitrogen and oxygen atoms in total. The van der Waals surface area contributed by atoms with Crippen molar-refractivity contribution in [1.29, 1.82) is 0 Å². The number of esters is 1. The molecule has 0 fully saturated rings. The van der Waals surface area contributed by atoms with Crippen molar-refractivity contribution in [3.8, 4) is 0 Å². The summed E-state index contributed by atoms with van der Waals surface area (Å²) < 4.78 is 5.69. The Morgan fingerprint density at radius 3 is 2.74 bits per heavy atom. The first kappa shape index (κ1) is 25.0. The second-order valence-corrected chi connectivity index (χ2v) is 8.69. The molecule has 0 aliphatic carbocycles. The third-order valence-electron chi connectivity index (χ3n) is 5.72. The van der Waals surface area contributed by atoms with Gasteiger partial charge in [-0.25, -0.2) is 0 Å². The molecule has 3 N–H and O–H groups in total. The maximum atomic E-state index is 12.4. The van der Waals surface area contributed by atoms with Gasteiger partial charge in [0.25, 0.3) is 0 Å². The van der Waals surface area contributed by atoms with Crippen LogP contribution in [0.2, 0.25) is 0 Å². The first-order chi connectivity index (χ1) is 14.6. The predicted octanol–water partition coefficient (Wildman–Crippen LogP) is 3.45. The van der Waals surface area contributed by atoms with Crippen LogP contribution < -0.4 is 0 Å². The minimum Gasteiger partial charge on any atom is -0.457 e. The molecule has 2 rings (SSSR count). The molecule has 1 aromatic heterocycles. The Bertz CT molecular complexity index is 799. The maximum Gasteiger partial charge on any atom is 0.309 e. The average Bonchev–Trinajstić information content (AvgIpc) is 2.73. The van der Waals surface area contributed by atoms with Crippen molar-refractivity contribution in [1.82, 2.24) is 4.98 Å². The van der Waals surface area contributed by atoms with Crippen LogP contribution in [0.1, 0.15) is 58.6 Å². The van der Waals surface area contributed by atoms with E-state index in [1.54, 1.807) is 12.3 Å². The van der Waals surface area contributed by atoms with E-state index >= 15 is 0 Å². The lowest BCUT2D eigenvalue weighted by atomic mass is 9.89. The monoisotopic (exact) mass is 429 g/mol. The van der Waals surface area contributed by atoms with Gasteiger partial charge in [0.05, 0.1) is 18.1 Å². The van der Waals surface area contributed by atoms with Crippen LogP contribution in [0.3, 0.4) is 0 Å². The molecule has 0 saturated heterocycles. The van der Waals surface area contributed by atoms with Crippen molar-refractivity contribution in [2.75, 3.05) is 0 Å². The van der Waals surface area contributed by atoms with Crippen molar-refractivity contribution in [3.63, 3.8) is 0 Å². The Hall–Kier alpha value is -2.28. The molecule has 0 spiro atoms. The summed E-state index contributed by atoms with van der Waals surface area (Å²) in [5.74, 6) is -0.588. The highest BCUT2D eigenvalue weighted by Gasteiger charge is 2.31. The Morgan fingerprint density at radius 1 is 1.32 bits per heavy atom. The molecule has 6 heteroatoms. The third kappa shape index (κ3) is 7.73. The normalized spacial score (nSPS) is 33.3. The molecule has 0 unspecified atom stereocenters. The lowest BCUT2D eigenvalue weighted by molar-refractivity contribution is -0.151. The van der Waals surface area contributed by atoms with Gasteiger partial charge in [-0.2, -0.15) is 0 Å². The molecule has 6 atom stereocenters. The Kier molecular flexibility index (Phi) is 9.16. The van der Waals surface area contributed by atoms with Gasteiger partial charge in [0.1, 0.15) is 12.2 Å². The molecule has 2 heterocycles. The summed E-state index contributed by atoms with van der Waals surface area (Å²) in [5, 5.41) is 31.0. The fraction of sp³-hybridized carbons (Fsp3) is 0.520. The number of nitrogens with zero attached hydrogens (tertiary/aromatic N) is 1. The Labute approximate surface area is 185 Å². The second-order valence-electron chi connectivity index (χ2n) is 8.69. The van der Waals surface area contributed by atoms with Crippen LogP contribution in [0.25, 0.3) is 0 Å². The molecular weight excluding hydrogens is 394 g/mol. The summed E-state index contributed by atoms with van der Waals surface area (Å²) in [6, 6.07) is 5.80. The van der Waals surface area contributed by atoms with Crippen molar-refractivity contribution >= 4 is 5.97 Å². The van der Waals surface area contributed by atoms with E-state index in [0.29, 0.717) is 0 Å². The molecule has 0 bridgehead atoms. The quantitative estimate of drug-likeness (QED) is 0.385. The second kappa shape index (κ2) is 11.4. The van der Waals surface area contributed by atoms with Gasteiger partial charge in [-0.1, -0.05) is 50.3 Å². The van der Waals surface area contributed by atoms with E-state index < -0.39 is 29.9 Å². The van der Waals surface area contributed by atoms with E-state index in [9.17, 15) is 20.1 Å². The Morgan fingerprint density at radius 2 is 2.06 bits per heavy atom. The molecule has 1 aliphatic heterocycles. The summed E-state index contributed by atoms with van der Waals surface area (Å²) in [4.78, 5) is 16.7. The molecule has 0 aromatic carbocycles. The van der Waals surface area contributed by atoms with Crippen LogP contribution in [0.4, 0.5) is 0 Å². The molecule has 1 aromatic rings. The first-order valence-corrected chi connectivity index (χ1v) is 10.8. The molecule has 0 radical (unpaired) electrons. The zero-order valence-electron chi connectivity index (χ0n) is 18.8. The smallest absolute Gasteiger partial charge is 0.309 e. The number of rotatable bonds is 4. The van der Waals surface area contributed by atoms with Gasteiger partial charge in [-0.3, -0.25) is 9.78 Å². The van der Waals surface area contributed by atoms with Crippen molar-refractivity contribution in [2.45, 2.75) is 76.8 Å². The summed E-state index contributed by atoms with van der Waals surface area (Å²) in [5.41, 5.74) is 0.418. The van der Waals surface area contributed by atoms with Crippen molar-refractivity contribution in [3.05, 3.63) is 66.0 Å². The average molecular weight is 430 g/mol. The molecule has 31 heavy (non-hydrogen) atoms. The number of carbonyl (C=O) groups is 1. The van der Waals surface area contributed by atoms with Crippen molar-refractivity contribution < 1.29 is 24.9 Å². The molecule has 0 saturated carbocycles. The maximum absolute atomic E-state index is 12.4.